The first-order valence-corrected chi connectivity index (χ1v) is 4.91. The van der Waals surface area contributed by atoms with Crippen molar-refractivity contribution < 1.29 is 9.18 Å². The van der Waals surface area contributed by atoms with Gasteiger partial charge in [0.15, 0.2) is 0 Å². The van der Waals surface area contributed by atoms with Gasteiger partial charge in [-0.25, -0.2) is 4.39 Å². The van der Waals surface area contributed by atoms with Gasteiger partial charge in [0.1, 0.15) is 5.82 Å². The standard InChI is InChI=1S/C10H10FNOS/c11-8-3-1-2-7(9(8)14)10(13)12-6-4-5-6/h1-3,6,14H,4-5H2,(H,12,13). The Morgan fingerprint density at radius 2 is 2.21 bits per heavy atom. The van der Waals surface area contributed by atoms with Crippen LogP contribution in [0.4, 0.5) is 4.39 Å². The molecule has 2 nitrogen and oxygen atoms in total. The van der Waals surface area contributed by atoms with E-state index in [1.807, 2.05) is 0 Å². The molecular formula is C10H10FNOS. The minimum atomic E-state index is -0.461. The Bertz CT molecular complexity index is 376. The molecule has 0 aliphatic heterocycles. The molecule has 0 heterocycles. The predicted octanol–water partition coefficient (Wildman–Crippen LogP) is 2.01. The average Bonchev–Trinajstić information content (AvgIpc) is 2.93. The minimum Gasteiger partial charge on any atom is -0.349 e. The van der Waals surface area contributed by atoms with Gasteiger partial charge in [0, 0.05) is 6.04 Å². The highest BCUT2D eigenvalue weighted by Gasteiger charge is 2.24. The molecule has 1 saturated carbocycles. The quantitative estimate of drug-likeness (QED) is 0.720. The summed E-state index contributed by atoms with van der Waals surface area (Å²) in [4.78, 5) is 11.7. The second kappa shape index (κ2) is 3.61. The number of halogens is 1. The Kier molecular flexibility index (Phi) is 2.46. The molecule has 1 N–H and O–H groups in total. The maximum atomic E-state index is 13.0. The molecular weight excluding hydrogens is 201 g/mol. The molecule has 1 fully saturated rings. The van der Waals surface area contributed by atoms with Crippen molar-refractivity contribution in [3.8, 4) is 0 Å². The second-order valence-corrected chi connectivity index (χ2v) is 3.83. The van der Waals surface area contributed by atoms with E-state index < -0.39 is 5.82 Å². The Balaban J connectivity index is 2.21. The molecule has 2 rings (SSSR count). The van der Waals surface area contributed by atoms with Gasteiger partial charge in [-0.2, -0.15) is 0 Å². The predicted molar refractivity (Wildman–Crippen MR) is 54.1 cm³/mol. The fourth-order valence-corrected chi connectivity index (χ4v) is 1.44. The number of thiol groups is 1. The smallest absolute Gasteiger partial charge is 0.252 e. The van der Waals surface area contributed by atoms with E-state index in [1.165, 1.54) is 12.1 Å². The van der Waals surface area contributed by atoms with Crippen LogP contribution >= 0.6 is 12.6 Å². The summed E-state index contributed by atoms with van der Waals surface area (Å²) in [6, 6.07) is 4.65. The monoisotopic (exact) mass is 211 g/mol. The third kappa shape index (κ3) is 1.90. The van der Waals surface area contributed by atoms with Crippen LogP contribution in [0.25, 0.3) is 0 Å². The van der Waals surface area contributed by atoms with E-state index >= 15 is 0 Å². The second-order valence-electron chi connectivity index (χ2n) is 3.38. The van der Waals surface area contributed by atoms with Crippen LogP contribution in [0, 0.1) is 5.82 Å². The maximum Gasteiger partial charge on any atom is 0.252 e. The van der Waals surface area contributed by atoms with Crippen molar-refractivity contribution >= 4 is 18.5 Å². The first kappa shape index (κ1) is 9.52. The van der Waals surface area contributed by atoms with Crippen molar-refractivity contribution in [2.24, 2.45) is 0 Å². The zero-order chi connectivity index (χ0) is 10.1. The van der Waals surface area contributed by atoms with Crippen LogP contribution in [-0.4, -0.2) is 11.9 Å². The highest BCUT2D eigenvalue weighted by Crippen LogP contribution is 2.22. The van der Waals surface area contributed by atoms with Gasteiger partial charge >= 0.3 is 0 Å². The van der Waals surface area contributed by atoms with Crippen molar-refractivity contribution in [1.82, 2.24) is 5.32 Å². The number of carbonyl (C=O) groups excluding carboxylic acids is 1. The molecule has 0 unspecified atom stereocenters. The van der Waals surface area contributed by atoms with Crippen molar-refractivity contribution in [3.05, 3.63) is 29.6 Å². The van der Waals surface area contributed by atoms with Gasteiger partial charge in [-0.1, -0.05) is 6.07 Å². The van der Waals surface area contributed by atoms with Crippen molar-refractivity contribution in [3.63, 3.8) is 0 Å². The fraction of sp³-hybridized carbons (Fsp3) is 0.300. The van der Waals surface area contributed by atoms with Crippen LogP contribution in [0.5, 0.6) is 0 Å². The zero-order valence-electron chi connectivity index (χ0n) is 7.46. The molecule has 1 aromatic carbocycles. The summed E-state index contributed by atoms with van der Waals surface area (Å²) in [5, 5.41) is 2.78. The van der Waals surface area contributed by atoms with Crippen LogP contribution in [0.2, 0.25) is 0 Å². The topological polar surface area (TPSA) is 29.1 Å². The lowest BCUT2D eigenvalue weighted by Gasteiger charge is -2.05. The number of amides is 1. The highest BCUT2D eigenvalue weighted by molar-refractivity contribution is 7.80. The van der Waals surface area contributed by atoms with Crippen LogP contribution in [-0.2, 0) is 0 Å². The summed E-state index contributed by atoms with van der Waals surface area (Å²) >= 11 is 3.96. The van der Waals surface area contributed by atoms with Crippen LogP contribution in [0.15, 0.2) is 23.1 Å². The number of carbonyl (C=O) groups is 1. The lowest BCUT2D eigenvalue weighted by Crippen LogP contribution is -2.25. The van der Waals surface area contributed by atoms with Crippen molar-refractivity contribution in [2.45, 2.75) is 23.8 Å². The molecule has 1 aromatic rings. The van der Waals surface area contributed by atoms with Gasteiger partial charge in [0.2, 0.25) is 0 Å². The van der Waals surface area contributed by atoms with E-state index in [1.54, 1.807) is 6.07 Å². The SMILES string of the molecule is O=C(NC1CC1)c1cccc(F)c1S. The van der Waals surface area contributed by atoms with Crippen LogP contribution in [0.3, 0.4) is 0 Å². The van der Waals surface area contributed by atoms with E-state index in [0.717, 1.165) is 12.8 Å². The van der Waals surface area contributed by atoms with Gasteiger partial charge in [-0.15, -0.1) is 12.6 Å². The van der Waals surface area contributed by atoms with Gasteiger partial charge in [-0.3, -0.25) is 4.79 Å². The van der Waals surface area contributed by atoms with Crippen LogP contribution in [0.1, 0.15) is 23.2 Å². The molecule has 1 aliphatic rings. The number of rotatable bonds is 2. The zero-order valence-corrected chi connectivity index (χ0v) is 8.35. The summed E-state index contributed by atoms with van der Waals surface area (Å²) in [6.07, 6.45) is 2.03. The summed E-state index contributed by atoms with van der Waals surface area (Å²) in [5.74, 6) is -0.700. The Morgan fingerprint density at radius 3 is 2.86 bits per heavy atom. The van der Waals surface area contributed by atoms with Crippen molar-refractivity contribution in [2.75, 3.05) is 0 Å². The number of hydrogen-bond acceptors (Lipinski definition) is 2. The molecule has 0 atom stereocenters. The first-order chi connectivity index (χ1) is 6.68. The summed E-state index contributed by atoms with van der Waals surface area (Å²) in [6.45, 7) is 0. The molecule has 0 saturated heterocycles. The third-order valence-electron chi connectivity index (χ3n) is 2.14. The highest BCUT2D eigenvalue weighted by atomic mass is 32.1. The molecule has 74 valence electrons. The van der Waals surface area contributed by atoms with Crippen LogP contribution < -0.4 is 5.32 Å². The molecule has 0 aromatic heterocycles. The lowest BCUT2D eigenvalue weighted by molar-refractivity contribution is 0.0947. The van der Waals surface area contributed by atoms with E-state index in [4.69, 9.17) is 0 Å². The Morgan fingerprint density at radius 1 is 1.50 bits per heavy atom. The maximum absolute atomic E-state index is 13.0. The molecule has 14 heavy (non-hydrogen) atoms. The molecule has 1 amide bonds. The molecule has 4 heteroatoms. The molecule has 1 aliphatic carbocycles. The van der Waals surface area contributed by atoms with E-state index in [2.05, 4.69) is 17.9 Å². The Hall–Kier alpha value is -1.03. The van der Waals surface area contributed by atoms with Gasteiger partial charge in [-0.05, 0) is 25.0 Å². The van der Waals surface area contributed by atoms with E-state index in [9.17, 15) is 9.18 Å². The largest absolute Gasteiger partial charge is 0.349 e. The number of hydrogen-bond donors (Lipinski definition) is 2. The fourth-order valence-electron chi connectivity index (χ4n) is 1.19. The van der Waals surface area contributed by atoms with E-state index in [-0.39, 0.29) is 16.8 Å². The molecule has 0 bridgehead atoms. The van der Waals surface area contributed by atoms with Gasteiger partial charge in [0.05, 0.1) is 10.5 Å². The third-order valence-corrected chi connectivity index (χ3v) is 2.60. The summed E-state index contributed by atoms with van der Waals surface area (Å²) < 4.78 is 13.0. The van der Waals surface area contributed by atoms with Crippen molar-refractivity contribution in [1.29, 1.82) is 0 Å². The van der Waals surface area contributed by atoms with E-state index in [0.29, 0.717) is 5.56 Å². The molecule has 0 radical (unpaired) electrons. The summed E-state index contributed by atoms with van der Waals surface area (Å²) in [5.41, 5.74) is 0.306. The molecule has 0 spiro atoms. The number of benzene rings is 1. The normalized spacial score (nSPS) is 15.3. The average molecular weight is 211 g/mol. The first-order valence-electron chi connectivity index (χ1n) is 4.47. The lowest BCUT2D eigenvalue weighted by atomic mass is 10.2. The van der Waals surface area contributed by atoms with Gasteiger partial charge < -0.3 is 5.32 Å². The minimum absolute atomic E-state index is 0.116. The summed E-state index contributed by atoms with van der Waals surface area (Å²) in [7, 11) is 0. The van der Waals surface area contributed by atoms with Gasteiger partial charge in [0.25, 0.3) is 5.91 Å². The Labute approximate surface area is 86.9 Å². The number of nitrogens with one attached hydrogen (secondary N) is 1.